The quantitative estimate of drug-likeness (QED) is 0.587. The van der Waals surface area contributed by atoms with Gasteiger partial charge in [-0.1, -0.05) is 0 Å². The largest absolute Gasteiger partial charge is 0.158 e. The van der Waals surface area contributed by atoms with Crippen LogP contribution in [0.15, 0.2) is 12.3 Å². The van der Waals surface area contributed by atoms with E-state index < -0.39 is 0 Å². The second-order valence-corrected chi connectivity index (χ2v) is 2.15. The maximum Gasteiger partial charge on any atom is 0.128 e. The normalized spacial score (nSPS) is 8.71. The van der Waals surface area contributed by atoms with Gasteiger partial charge in [-0.25, -0.2) is 0 Å². The molecule has 3 heteroatoms. The summed E-state index contributed by atoms with van der Waals surface area (Å²) in [7, 11) is 0. The van der Waals surface area contributed by atoms with E-state index in [0.717, 1.165) is 3.57 Å². The van der Waals surface area contributed by atoms with Crippen molar-refractivity contribution >= 4 is 22.6 Å². The third kappa shape index (κ3) is 1.38. The van der Waals surface area contributed by atoms with Gasteiger partial charge >= 0.3 is 0 Å². The van der Waals surface area contributed by atoms with Crippen LogP contribution in [-0.4, -0.2) is 10.2 Å². The number of nitrogens with zero attached hydrogens (tertiary/aromatic N) is 2. The fraction of sp³-hybridized carbons (Fsp3) is 0. The second-order valence-electron chi connectivity index (χ2n) is 0.991. The van der Waals surface area contributed by atoms with Gasteiger partial charge in [0.25, 0.3) is 0 Å². The molecule has 0 aliphatic rings. The molecular weight excluding hydrogens is 203 g/mol. The third-order valence-corrected chi connectivity index (χ3v) is 1.10. The summed E-state index contributed by atoms with van der Waals surface area (Å²) < 4.78 is 0.993. The van der Waals surface area contributed by atoms with E-state index in [1.54, 1.807) is 6.20 Å². The molecule has 1 rings (SSSR count). The van der Waals surface area contributed by atoms with Gasteiger partial charge in [0, 0.05) is 3.57 Å². The van der Waals surface area contributed by atoms with Crippen molar-refractivity contribution in [1.29, 1.82) is 0 Å². The zero-order valence-electron chi connectivity index (χ0n) is 3.43. The summed E-state index contributed by atoms with van der Waals surface area (Å²) in [6, 6.07) is 1.84. The van der Waals surface area contributed by atoms with Crippen molar-refractivity contribution in [2.45, 2.75) is 0 Å². The van der Waals surface area contributed by atoms with Crippen molar-refractivity contribution in [2.24, 2.45) is 0 Å². The summed E-state index contributed by atoms with van der Waals surface area (Å²) in [6.07, 6.45) is 4.29. The van der Waals surface area contributed by atoms with Gasteiger partial charge in [0.15, 0.2) is 0 Å². The van der Waals surface area contributed by atoms with E-state index in [2.05, 4.69) is 39.0 Å². The first-order chi connectivity index (χ1) is 3.39. The third-order valence-electron chi connectivity index (χ3n) is 0.502. The Bertz CT molecular complexity index is 140. The number of rotatable bonds is 0. The number of hydrogen-bond donors (Lipinski definition) is 0. The molecule has 1 heterocycles. The first-order valence-electron chi connectivity index (χ1n) is 1.74. The van der Waals surface area contributed by atoms with Crippen molar-refractivity contribution in [2.75, 3.05) is 0 Å². The van der Waals surface area contributed by atoms with Crippen molar-refractivity contribution in [1.82, 2.24) is 10.2 Å². The summed E-state index contributed by atoms with van der Waals surface area (Å²) in [5, 5.41) is 7.04. The Morgan fingerprint density at radius 1 is 1.71 bits per heavy atom. The first-order valence-corrected chi connectivity index (χ1v) is 2.82. The van der Waals surface area contributed by atoms with E-state index in [0.29, 0.717) is 0 Å². The van der Waals surface area contributed by atoms with Crippen molar-refractivity contribution < 1.29 is 0 Å². The highest BCUT2D eigenvalue weighted by Gasteiger charge is 1.78. The molecule has 1 radical (unpaired) electrons. The standard InChI is InChI=1S/C4H2IN2/c5-4-1-2-6-7-3-4/h1-2H. The number of halogens is 1. The highest BCUT2D eigenvalue weighted by atomic mass is 127. The minimum absolute atomic E-state index is 0.993. The summed E-state index contributed by atoms with van der Waals surface area (Å²) in [5.41, 5.74) is 0. The summed E-state index contributed by atoms with van der Waals surface area (Å²) in [6.45, 7) is 0. The Morgan fingerprint density at radius 2 is 2.57 bits per heavy atom. The summed E-state index contributed by atoms with van der Waals surface area (Å²) >= 11 is 2.12. The highest BCUT2D eigenvalue weighted by Crippen LogP contribution is 1.94. The molecule has 0 amide bonds. The van der Waals surface area contributed by atoms with Crippen molar-refractivity contribution in [3.8, 4) is 0 Å². The molecule has 0 fully saturated rings. The molecule has 2 nitrogen and oxygen atoms in total. The molecule has 0 aliphatic carbocycles. The maximum absolute atomic E-state index is 3.54. The maximum atomic E-state index is 3.54. The average Bonchev–Trinajstić information content (AvgIpc) is 1.69. The topological polar surface area (TPSA) is 25.8 Å². The lowest BCUT2D eigenvalue weighted by Crippen LogP contribution is -1.77. The fourth-order valence-corrected chi connectivity index (χ4v) is 0.515. The van der Waals surface area contributed by atoms with Gasteiger partial charge in [0.05, 0.1) is 6.20 Å². The molecule has 0 aromatic carbocycles. The molecule has 0 spiro atoms. The van der Waals surface area contributed by atoms with Crippen LogP contribution < -0.4 is 0 Å². The van der Waals surface area contributed by atoms with Gasteiger partial charge in [-0.15, -0.1) is 5.10 Å². The molecule has 35 valence electrons. The van der Waals surface area contributed by atoms with Crippen LogP contribution in [0.2, 0.25) is 0 Å². The number of hydrogen-bond acceptors (Lipinski definition) is 2. The Balaban J connectivity index is 3.02. The van der Waals surface area contributed by atoms with Crippen LogP contribution in [0.4, 0.5) is 0 Å². The van der Waals surface area contributed by atoms with Gasteiger partial charge in [0.1, 0.15) is 6.20 Å². The molecule has 0 N–H and O–H groups in total. The molecule has 0 unspecified atom stereocenters. The van der Waals surface area contributed by atoms with Crippen LogP contribution in [0.1, 0.15) is 0 Å². The van der Waals surface area contributed by atoms with Gasteiger partial charge in [-0.2, -0.15) is 5.10 Å². The predicted molar refractivity (Wildman–Crippen MR) is 33.6 cm³/mol. The van der Waals surface area contributed by atoms with Crippen molar-refractivity contribution in [3.05, 3.63) is 22.0 Å². The molecule has 0 aliphatic heterocycles. The van der Waals surface area contributed by atoms with E-state index in [9.17, 15) is 0 Å². The molecule has 1 aromatic rings. The highest BCUT2D eigenvalue weighted by molar-refractivity contribution is 14.1. The van der Waals surface area contributed by atoms with E-state index in [-0.39, 0.29) is 0 Å². The lowest BCUT2D eigenvalue weighted by Gasteiger charge is -1.77. The van der Waals surface area contributed by atoms with Gasteiger partial charge in [0.2, 0.25) is 0 Å². The lowest BCUT2D eigenvalue weighted by atomic mass is 10.6. The minimum Gasteiger partial charge on any atom is -0.158 e. The smallest absolute Gasteiger partial charge is 0.128 e. The first kappa shape index (κ1) is 4.96. The molecule has 0 saturated carbocycles. The van der Waals surface area contributed by atoms with Gasteiger partial charge in [-0.05, 0) is 28.7 Å². The molecular formula is C4H2IN2. The Hall–Kier alpha value is -0.190. The SMILES string of the molecule is Ic1[c]nncc1. The lowest BCUT2D eigenvalue weighted by molar-refractivity contribution is 1.01. The minimum atomic E-state index is 0.993. The van der Waals surface area contributed by atoms with E-state index >= 15 is 0 Å². The van der Waals surface area contributed by atoms with Crippen LogP contribution in [-0.2, 0) is 0 Å². The molecule has 0 bridgehead atoms. The van der Waals surface area contributed by atoms with Gasteiger partial charge in [-0.3, -0.25) is 0 Å². The monoisotopic (exact) mass is 205 g/mol. The van der Waals surface area contributed by atoms with Crippen molar-refractivity contribution in [3.63, 3.8) is 0 Å². The Morgan fingerprint density at radius 3 is 2.86 bits per heavy atom. The van der Waals surface area contributed by atoms with Crippen LogP contribution in [0, 0.1) is 9.77 Å². The summed E-state index contributed by atoms with van der Waals surface area (Å²) in [4.78, 5) is 0. The van der Waals surface area contributed by atoms with Gasteiger partial charge < -0.3 is 0 Å². The second kappa shape index (κ2) is 2.20. The predicted octanol–water partition coefficient (Wildman–Crippen LogP) is 0.881. The molecule has 0 saturated heterocycles. The van der Waals surface area contributed by atoms with Crippen LogP contribution >= 0.6 is 22.6 Å². The fourth-order valence-electron chi connectivity index (χ4n) is 0.246. The Labute approximate surface area is 55.1 Å². The van der Waals surface area contributed by atoms with E-state index in [4.69, 9.17) is 0 Å². The molecule has 7 heavy (non-hydrogen) atoms. The summed E-state index contributed by atoms with van der Waals surface area (Å²) in [5.74, 6) is 0. The number of aromatic nitrogens is 2. The Kier molecular flexibility index (Phi) is 1.56. The average molecular weight is 205 g/mol. The zero-order chi connectivity index (χ0) is 5.11. The zero-order valence-corrected chi connectivity index (χ0v) is 5.58. The van der Waals surface area contributed by atoms with Crippen LogP contribution in [0.3, 0.4) is 0 Å². The van der Waals surface area contributed by atoms with Crippen LogP contribution in [0.25, 0.3) is 0 Å². The van der Waals surface area contributed by atoms with E-state index in [1.807, 2.05) is 6.07 Å². The van der Waals surface area contributed by atoms with Crippen LogP contribution in [0.5, 0.6) is 0 Å². The molecule has 0 atom stereocenters. The molecule has 1 aromatic heterocycles. The van der Waals surface area contributed by atoms with E-state index in [1.165, 1.54) is 0 Å².